The number of pyridine rings is 1. The standard InChI is InChI=1S/C25H27ClN2O2/c1-25(26)14-4-6-18(16-25)22-15-23(20-7-3-8-21(20)28-22)27-19-12-10-17(11-13-19)5-2-9-24(29)30/h4,6,10-13,15-16H,2-3,5,7-9,14H2,1H3,(H,27,28)(H,29,30). The zero-order valence-corrected chi connectivity index (χ0v) is 18.0. The third-order valence-electron chi connectivity index (χ3n) is 5.71. The van der Waals surface area contributed by atoms with Crippen LogP contribution in [0, 0.1) is 0 Å². The number of benzene rings is 1. The molecular formula is C25H27ClN2O2. The summed E-state index contributed by atoms with van der Waals surface area (Å²) in [5, 5.41) is 12.4. The van der Waals surface area contributed by atoms with E-state index in [-0.39, 0.29) is 11.3 Å². The second kappa shape index (κ2) is 8.65. The minimum Gasteiger partial charge on any atom is -0.481 e. The van der Waals surface area contributed by atoms with Gasteiger partial charge in [-0.15, -0.1) is 11.6 Å². The van der Waals surface area contributed by atoms with Crippen molar-refractivity contribution in [2.24, 2.45) is 0 Å². The Morgan fingerprint density at radius 3 is 2.80 bits per heavy atom. The lowest BCUT2D eigenvalue weighted by atomic mass is 9.94. The minimum atomic E-state index is -0.743. The lowest BCUT2D eigenvalue weighted by Crippen LogP contribution is -2.14. The molecule has 0 spiro atoms. The summed E-state index contributed by atoms with van der Waals surface area (Å²) < 4.78 is 0. The van der Waals surface area contributed by atoms with Crippen LogP contribution in [0.3, 0.4) is 0 Å². The molecule has 2 aliphatic carbocycles. The van der Waals surface area contributed by atoms with Crippen LogP contribution in [0.15, 0.2) is 48.6 Å². The Morgan fingerprint density at radius 2 is 2.07 bits per heavy atom. The van der Waals surface area contributed by atoms with E-state index in [0.717, 1.165) is 60.3 Å². The van der Waals surface area contributed by atoms with Crippen molar-refractivity contribution in [3.63, 3.8) is 0 Å². The van der Waals surface area contributed by atoms with Gasteiger partial charge in [-0.1, -0.05) is 30.4 Å². The molecule has 0 radical (unpaired) electrons. The molecule has 0 aliphatic heterocycles. The van der Waals surface area contributed by atoms with Crippen molar-refractivity contribution in [2.45, 2.75) is 56.7 Å². The monoisotopic (exact) mass is 422 g/mol. The van der Waals surface area contributed by atoms with Crippen LogP contribution in [0.4, 0.5) is 11.4 Å². The number of carboxylic acids is 1. The number of aryl methyl sites for hydroxylation is 2. The maximum Gasteiger partial charge on any atom is 0.303 e. The van der Waals surface area contributed by atoms with Crippen LogP contribution in [-0.2, 0) is 24.1 Å². The molecule has 5 heteroatoms. The number of allylic oxidation sites excluding steroid dienone is 4. The van der Waals surface area contributed by atoms with Gasteiger partial charge in [0.15, 0.2) is 0 Å². The van der Waals surface area contributed by atoms with Gasteiger partial charge in [0.05, 0.1) is 10.6 Å². The van der Waals surface area contributed by atoms with Gasteiger partial charge in [0.25, 0.3) is 0 Å². The van der Waals surface area contributed by atoms with Gasteiger partial charge < -0.3 is 10.4 Å². The van der Waals surface area contributed by atoms with Crippen LogP contribution in [-0.4, -0.2) is 20.9 Å². The zero-order valence-electron chi connectivity index (χ0n) is 17.2. The number of carboxylic acid groups (broad SMARTS) is 1. The highest BCUT2D eigenvalue weighted by Gasteiger charge is 2.23. The smallest absolute Gasteiger partial charge is 0.303 e. The summed E-state index contributed by atoms with van der Waals surface area (Å²) in [5.74, 6) is -0.743. The number of hydrogen-bond donors (Lipinski definition) is 2. The maximum absolute atomic E-state index is 10.7. The number of fused-ring (bicyclic) bond motifs is 1. The molecule has 2 aliphatic rings. The molecule has 1 aromatic carbocycles. The summed E-state index contributed by atoms with van der Waals surface area (Å²) in [6, 6.07) is 10.4. The quantitative estimate of drug-likeness (QED) is 0.532. The van der Waals surface area contributed by atoms with Gasteiger partial charge in [0, 0.05) is 23.5 Å². The molecule has 1 unspecified atom stereocenters. The number of halogens is 1. The third-order valence-corrected chi connectivity index (χ3v) is 5.97. The average molecular weight is 423 g/mol. The molecule has 2 aromatic rings. The highest BCUT2D eigenvalue weighted by Crippen LogP contribution is 2.36. The maximum atomic E-state index is 10.7. The zero-order chi connectivity index (χ0) is 21.1. The van der Waals surface area contributed by atoms with Crippen LogP contribution in [0.25, 0.3) is 5.57 Å². The van der Waals surface area contributed by atoms with Crippen LogP contribution < -0.4 is 5.32 Å². The number of aliphatic carboxylic acids is 1. The fourth-order valence-corrected chi connectivity index (χ4v) is 4.37. The van der Waals surface area contributed by atoms with E-state index in [4.69, 9.17) is 21.7 Å². The molecule has 0 saturated heterocycles. The number of rotatable bonds is 7. The van der Waals surface area contributed by atoms with E-state index < -0.39 is 5.97 Å². The molecule has 4 rings (SSSR count). The first kappa shape index (κ1) is 20.7. The molecule has 4 nitrogen and oxygen atoms in total. The van der Waals surface area contributed by atoms with Gasteiger partial charge in [-0.3, -0.25) is 9.78 Å². The summed E-state index contributed by atoms with van der Waals surface area (Å²) in [6.45, 7) is 2.03. The summed E-state index contributed by atoms with van der Waals surface area (Å²) in [7, 11) is 0. The molecule has 0 saturated carbocycles. The first-order valence-electron chi connectivity index (χ1n) is 10.6. The van der Waals surface area contributed by atoms with Crippen LogP contribution in [0.2, 0.25) is 0 Å². The Bertz CT molecular complexity index is 1010. The molecule has 0 bridgehead atoms. The number of carbonyl (C=O) groups is 1. The van der Waals surface area contributed by atoms with Gasteiger partial charge in [0.2, 0.25) is 0 Å². The summed E-state index contributed by atoms with van der Waals surface area (Å²) >= 11 is 6.57. The lowest BCUT2D eigenvalue weighted by molar-refractivity contribution is -0.137. The Balaban J connectivity index is 1.56. The highest BCUT2D eigenvalue weighted by molar-refractivity contribution is 6.25. The fourth-order valence-electron chi connectivity index (χ4n) is 4.16. The van der Waals surface area contributed by atoms with Crippen molar-refractivity contribution < 1.29 is 9.90 Å². The van der Waals surface area contributed by atoms with Gasteiger partial charge in [-0.2, -0.15) is 0 Å². The molecule has 156 valence electrons. The minimum absolute atomic E-state index is 0.206. The first-order chi connectivity index (χ1) is 14.4. The number of nitrogens with one attached hydrogen (secondary N) is 1. The molecular weight excluding hydrogens is 396 g/mol. The van der Waals surface area contributed by atoms with E-state index in [9.17, 15) is 4.79 Å². The third kappa shape index (κ3) is 4.93. The Kier molecular flexibility index (Phi) is 5.96. The SMILES string of the molecule is CC1(Cl)C=C(c2cc(Nc3ccc(CCCC(=O)O)cc3)c3c(n2)CCC3)C=CC1. The molecule has 0 fully saturated rings. The first-order valence-corrected chi connectivity index (χ1v) is 11.0. The number of aromatic nitrogens is 1. The predicted octanol–water partition coefficient (Wildman–Crippen LogP) is 6.06. The van der Waals surface area contributed by atoms with Crippen molar-refractivity contribution >= 4 is 34.5 Å². The normalized spacial score (nSPS) is 20.0. The van der Waals surface area contributed by atoms with Crippen molar-refractivity contribution in [1.82, 2.24) is 4.98 Å². The average Bonchev–Trinajstić information content (AvgIpc) is 3.17. The largest absolute Gasteiger partial charge is 0.481 e. The lowest BCUT2D eigenvalue weighted by Gasteiger charge is -2.22. The molecule has 1 aromatic heterocycles. The summed E-state index contributed by atoms with van der Waals surface area (Å²) in [5.41, 5.74) is 7.81. The summed E-state index contributed by atoms with van der Waals surface area (Å²) in [6.07, 6.45) is 12.0. The van der Waals surface area contributed by atoms with Crippen molar-refractivity contribution in [3.05, 3.63) is 71.1 Å². The highest BCUT2D eigenvalue weighted by atomic mass is 35.5. The van der Waals surface area contributed by atoms with Crippen molar-refractivity contribution in [2.75, 3.05) is 5.32 Å². The van der Waals surface area contributed by atoms with Gasteiger partial charge >= 0.3 is 5.97 Å². The predicted molar refractivity (Wildman–Crippen MR) is 123 cm³/mol. The van der Waals surface area contributed by atoms with Crippen molar-refractivity contribution in [1.29, 1.82) is 0 Å². The van der Waals surface area contributed by atoms with Crippen LogP contribution in [0.1, 0.15) is 55.1 Å². The number of anilines is 2. The summed E-state index contributed by atoms with van der Waals surface area (Å²) in [4.78, 5) is 15.3. The van der Waals surface area contributed by atoms with E-state index in [2.05, 4.69) is 53.9 Å². The van der Waals surface area contributed by atoms with Crippen molar-refractivity contribution in [3.8, 4) is 0 Å². The Hall–Kier alpha value is -2.59. The van der Waals surface area contributed by atoms with Gasteiger partial charge in [-0.25, -0.2) is 0 Å². The van der Waals surface area contributed by atoms with E-state index in [0.29, 0.717) is 6.42 Å². The molecule has 1 atom stereocenters. The second-order valence-electron chi connectivity index (χ2n) is 8.39. The molecule has 0 amide bonds. The van der Waals surface area contributed by atoms with E-state index in [1.807, 2.05) is 6.92 Å². The van der Waals surface area contributed by atoms with Crippen LogP contribution >= 0.6 is 11.6 Å². The second-order valence-corrected chi connectivity index (χ2v) is 9.25. The number of hydrogen-bond acceptors (Lipinski definition) is 3. The molecule has 30 heavy (non-hydrogen) atoms. The van der Waals surface area contributed by atoms with Gasteiger partial charge in [0.1, 0.15) is 0 Å². The van der Waals surface area contributed by atoms with E-state index >= 15 is 0 Å². The van der Waals surface area contributed by atoms with E-state index in [1.165, 1.54) is 11.3 Å². The van der Waals surface area contributed by atoms with Gasteiger partial charge in [-0.05, 0) is 80.3 Å². The topological polar surface area (TPSA) is 62.2 Å². The van der Waals surface area contributed by atoms with E-state index in [1.54, 1.807) is 0 Å². The number of nitrogens with zero attached hydrogens (tertiary/aromatic N) is 1. The Morgan fingerprint density at radius 1 is 1.27 bits per heavy atom. The molecule has 1 heterocycles. The fraction of sp³-hybridized carbons (Fsp3) is 0.360. The Labute approximate surface area is 182 Å². The number of alkyl halides is 1. The van der Waals surface area contributed by atoms with Crippen LogP contribution in [0.5, 0.6) is 0 Å². The molecule has 2 N–H and O–H groups in total.